The van der Waals surface area contributed by atoms with Gasteiger partial charge in [-0.3, -0.25) is 0 Å². The third-order valence-electron chi connectivity index (χ3n) is 7.94. The maximum absolute atomic E-state index is 9.86. The summed E-state index contributed by atoms with van der Waals surface area (Å²) in [5.41, 5.74) is 8.71. The SMILES string of the molecule is [C-]#[N+]c1nc(-c2ccc(N(c3ccccc3)c3ccccc3)cc2)c(-c2ccc(N(c3ccccc3)c3ccccc3)cc2)nc1C#N. The fraction of sp³-hybridized carbons (Fsp3) is 0. The zero-order valence-electron chi connectivity index (χ0n) is 25.8. The average Bonchev–Trinajstić information content (AvgIpc) is 3.17. The average molecular weight is 617 g/mol. The van der Waals surface area contributed by atoms with Gasteiger partial charge < -0.3 is 14.6 Å². The number of benzene rings is 6. The highest BCUT2D eigenvalue weighted by Crippen LogP contribution is 2.39. The van der Waals surface area contributed by atoms with Crippen LogP contribution in [0.4, 0.5) is 39.9 Å². The molecule has 0 unspecified atom stereocenters. The van der Waals surface area contributed by atoms with Crippen molar-refractivity contribution in [3.05, 3.63) is 187 Å². The van der Waals surface area contributed by atoms with Crippen LogP contribution < -0.4 is 9.80 Å². The minimum atomic E-state index is -0.0218. The van der Waals surface area contributed by atoms with E-state index in [-0.39, 0.29) is 11.5 Å². The van der Waals surface area contributed by atoms with Crippen molar-refractivity contribution in [2.24, 2.45) is 0 Å². The van der Waals surface area contributed by atoms with Gasteiger partial charge in [-0.2, -0.15) is 5.26 Å². The standard InChI is InChI=1S/C42H28N6/c1-44-42-39(30-43)45-40(31-22-26-37(27-23-31)47(33-14-6-2-7-15-33)34-16-8-3-9-17-34)41(46-42)32-24-28-38(29-25-32)48(35-18-10-4-11-19-35)36-20-12-5-13-21-36/h2-29H. The molecule has 6 aromatic carbocycles. The molecule has 0 aliphatic carbocycles. The quantitative estimate of drug-likeness (QED) is 0.159. The molecule has 0 amide bonds. The fourth-order valence-electron chi connectivity index (χ4n) is 5.72. The Kier molecular flexibility index (Phi) is 8.37. The number of aromatic nitrogens is 2. The van der Waals surface area contributed by atoms with Crippen LogP contribution in [-0.2, 0) is 0 Å². The van der Waals surface area contributed by atoms with Gasteiger partial charge in [-0.15, -0.1) is 4.98 Å². The molecule has 6 heteroatoms. The van der Waals surface area contributed by atoms with Crippen molar-refractivity contribution in [3.8, 4) is 28.6 Å². The van der Waals surface area contributed by atoms with Gasteiger partial charge in [0.05, 0.1) is 0 Å². The lowest BCUT2D eigenvalue weighted by Gasteiger charge is -2.25. The highest BCUT2D eigenvalue weighted by molar-refractivity contribution is 5.84. The molecule has 0 saturated heterocycles. The lowest BCUT2D eigenvalue weighted by atomic mass is 10.0. The molecule has 1 aromatic heterocycles. The van der Waals surface area contributed by atoms with Gasteiger partial charge in [0.2, 0.25) is 0 Å². The lowest BCUT2D eigenvalue weighted by molar-refractivity contribution is 1.19. The van der Waals surface area contributed by atoms with Crippen molar-refractivity contribution in [2.75, 3.05) is 9.80 Å². The maximum atomic E-state index is 9.86. The Balaban J connectivity index is 1.30. The van der Waals surface area contributed by atoms with Crippen LogP contribution in [0.3, 0.4) is 0 Å². The Morgan fingerprint density at radius 3 is 1.06 bits per heavy atom. The lowest BCUT2D eigenvalue weighted by Crippen LogP contribution is -2.09. The molecule has 0 aliphatic rings. The van der Waals surface area contributed by atoms with Gasteiger partial charge in [-0.05, 0) is 84.9 Å². The van der Waals surface area contributed by atoms with Crippen LogP contribution in [-0.4, -0.2) is 9.97 Å². The van der Waals surface area contributed by atoms with E-state index in [1.165, 1.54) is 0 Å². The maximum Gasteiger partial charge on any atom is 0.307 e. The van der Waals surface area contributed by atoms with E-state index in [0.29, 0.717) is 11.4 Å². The fourth-order valence-corrected chi connectivity index (χ4v) is 5.72. The summed E-state index contributed by atoms with van der Waals surface area (Å²) in [6.45, 7) is 7.70. The zero-order valence-corrected chi connectivity index (χ0v) is 25.8. The predicted octanol–water partition coefficient (Wildman–Crippen LogP) is 11.2. The van der Waals surface area contributed by atoms with Crippen LogP contribution in [0.15, 0.2) is 170 Å². The van der Waals surface area contributed by atoms with Crippen molar-refractivity contribution < 1.29 is 0 Å². The molecule has 0 bridgehead atoms. The summed E-state index contributed by atoms with van der Waals surface area (Å²) in [6, 6.07) is 59.0. The summed E-state index contributed by atoms with van der Waals surface area (Å²) in [6.07, 6.45) is 0. The van der Waals surface area contributed by atoms with Crippen molar-refractivity contribution in [3.63, 3.8) is 0 Å². The first-order valence-corrected chi connectivity index (χ1v) is 15.4. The summed E-state index contributed by atoms with van der Waals surface area (Å²) >= 11 is 0. The largest absolute Gasteiger partial charge is 0.358 e. The molecule has 0 atom stereocenters. The van der Waals surface area contributed by atoms with E-state index in [9.17, 15) is 5.26 Å². The molecule has 0 saturated carbocycles. The van der Waals surface area contributed by atoms with Crippen molar-refractivity contribution >= 4 is 39.9 Å². The minimum Gasteiger partial charge on any atom is -0.358 e. The third-order valence-corrected chi connectivity index (χ3v) is 7.94. The first-order chi connectivity index (χ1) is 23.7. The van der Waals surface area contributed by atoms with E-state index in [4.69, 9.17) is 11.6 Å². The topological polar surface area (TPSA) is 60.4 Å². The summed E-state index contributed by atoms with van der Waals surface area (Å²) in [7, 11) is 0. The van der Waals surface area contributed by atoms with Gasteiger partial charge in [-0.1, -0.05) is 91.5 Å². The van der Waals surface area contributed by atoms with Gasteiger partial charge in [0.25, 0.3) is 0 Å². The van der Waals surface area contributed by atoms with Crippen LogP contribution in [0.5, 0.6) is 0 Å². The Hall–Kier alpha value is -7.02. The van der Waals surface area contributed by atoms with Gasteiger partial charge >= 0.3 is 5.82 Å². The molecule has 0 aliphatic heterocycles. The number of anilines is 6. The molecule has 48 heavy (non-hydrogen) atoms. The number of hydrogen-bond acceptors (Lipinski definition) is 5. The second kappa shape index (κ2) is 13.5. The number of nitrogens with zero attached hydrogens (tertiary/aromatic N) is 6. The summed E-state index contributed by atoms with van der Waals surface area (Å²) < 4.78 is 0. The number of para-hydroxylation sites is 4. The molecule has 0 fully saturated rings. The highest BCUT2D eigenvalue weighted by atomic mass is 15.1. The second-order valence-corrected chi connectivity index (χ2v) is 10.9. The Morgan fingerprint density at radius 2 is 0.750 bits per heavy atom. The Morgan fingerprint density at radius 1 is 0.438 bits per heavy atom. The van der Waals surface area contributed by atoms with Gasteiger partial charge in [0.15, 0.2) is 11.4 Å². The normalized spacial score (nSPS) is 10.5. The first kappa shape index (κ1) is 29.7. The smallest absolute Gasteiger partial charge is 0.307 e. The first-order valence-electron chi connectivity index (χ1n) is 15.4. The molecular formula is C42H28N6. The van der Waals surface area contributed by atoms with E-state index < -0.39 is 0 Å². The third kappa shape index (κ3) is 5.98. The molecule has 7 rings (SSSR count). The number of hydrogen-bond donors (Lipinski definition) is 0. The molecule has 226 valence electrons. The molecule has 7 aromatic rings. The predicted molar refractivity (Wildman–Crippen MR) is 193 cm³/mol. The number of rotatable bonds is 8. The van der Waals surface area contributed by atoms with Crippen LogP contribution in [0.25, 0.3) is 27.4 Å². The van der Waals surface area contributed by atoms with Crippen LogP contribution in [0.1, 0.15) is 5.69 Å². The monoisotopic (exact) mass is 616 g/mol. The summed E-state index contributed by atoms with van der Waals surface area (Å²) in [5.74, 6) is -0.0218. The van der Waals surface area contributed by atoms with E-state index in [1.807, 2.05) is 121 Å². The van der Waals surface area contributed by atoms with E-state index in [0.717, 1.165) is 45.3 Å². The second-order valence-electron chi connectivity index (χ2n) is 10.9. The molecule has 6 nitrogen and oxygen atoms in total. The summed E-state index contributed by atoms with van der Waals surface area (Å²) in [4.78, 5) is 17.3. The molecule has 0 spiro atoms. The Labute approximate surface area is 279 Å². The molecule has 0 N–H and O–H groups in total. The van der Waals surface area contributed by atoms with Crippen LogP contribution in [0.2, 0.25) is 0 Å². The van der Waals surface area contributed by atoms with E-state index >= 15 is 0 Å². The van der Waals surface area contributed by atoms with Crippen molar-refractivity contribution in [2.45, 2.75) is 0 Å². The minimum absolute atomic E-state index is 0.000949. The Bertz CT molecular complexity index is 1980. The molecule has 1 heterocycles. The van der Waals surface area contributed by atoms with Crippen LogP contribution >= 0.6 is 0 Å². The molecule has 0 radical (unpaired) electrons. The number of nitriles is 1. The van der Waals surface area contributed by atoms with Crippen molar-refractivity contribution in [1.29, 1.82) is 5.26 Å². The van der Waals surface area contributed by atoms with Gasteiger partial charge in [0, 0.05) is 45.3 Å². The van der Waals surface area contributed by atoms with Crippen LogP contribution in [0, 0.1) is 17.9 Å². The molecular weight excluding hydrogens is 589 g/mol. The van der Waals surface area contributed by atoms with Gasteiger partial charge in [0.1, 0.15) is 11.8 Å². The zero-order chi connectivity index (χ0) is 32.7. The van der Waals surface area contributed by atoms with E-state index in [2.05, 4.69) is 74.2 Å². The van der Waals surface area contributed by atoms with Gasteiger partial charge in [-0.25, -0.2) is 4.98 Å². The summed E-state index contributed by atoms with van der Waals surface area (Å²) in [5, 5.41) is 9.86. The highest BCUT2D eigenvalue weighted by Gasteiger charge is 2.21. The van der Waals surface area contributed by atoms with Crippen molar-refractivity contribution in [1.82, 2.24) is 9.97 Å². The van der Waals surface area contributed by atoms with E-state index in [1.54, 1.807) is 0 Å².